The molecule has 0 aliphatic rings. The first kappa shape index (κ1) is 19.6. The SMILES string of the molecule is CCc1cccc(CC)c1NC(=O)/C=C/c1c(C)nn(-c2ccccc2)c1C. The van der Waals surface area contributed by atoms with Gasteiger partial charge in [-0.3, -0.25) is 4.79 Å². The molecule has 1 heterocycles. The van der Waals surface area contributed by atoms with Gasteiger partial charge >= 0.3 is 0 Å². The van der Waals surface area contributed by atoms with Crippen molar-refractivity contribution in [2.75, 3.05) is 5.32 Å². The van der Waals surface area contributed by atoms with E-state index in [1.807, 2.05) is 61.0 Å². The number of hydrogen-bond acceptors (Lipinski definition) is 2. The van der Waals surface area contributed by atoms with Crippen LogP contribution < -0.4 is 5.32 Å². The summed E-state index contributed by atoms with van der Waals surface area (Å²) in [6.45, 7) is 8.19. The second kappa shape index (κ2) is 8.70. The standard InChI is InChI=1S/C24H27N3O/c1-5-19-11-10-12-20(6-2)24(19)25-23(28)16-15-22-17(3)26-27(18(22)4)21-13-8-7-9-14-21/h7-16H,5-6H2,1-4H3,(H,25,28)/b16-15+. The lowest BCUT2D eigenvalue weighted by Crippen LogP contribution is -2.11. The second-order valence-corrected chi connectivity index (χ2v) is 6.81. The minimum Gasteiger partial charge on any atom is -0.322 e. The van der Waals surface area contributed by atoms with Crippen molar-refractivity contribution in [2.45, 2.75) is 40.5 Å². The van der Waals surface area contributed by atoms with E-state index in [0.717, 1.165) is 52.3 Å². The molecule has 1 N–H and O–H groups in total. The van der Waals surface area contributed by atoms with Gasteiger partial charge in [0.2, 0.25) is 5.91 Å². The van der Waals surface area contributed by atoms with Gasteiger partial charge in [-0.1, -0.05) is 50.2 Å². The normalized spacial score (nSPS) is 11.1. The maximum absolute atomic E-state index is 12.6. The van der Waals surface area contributed by atoms with Gasteiger partial charge in [0.05, 0.1) is 11.4 Å². The van der Waals surface area contributed by atoms with Crippen molar-refractivity contribution in [3.05, 3.63) is 82.7 Å². The summed E-state index contributed by atoms with van der Waals surface area (Å²) in [4.78, 5) is 12.6. The Kier molecular flexibility index (Phi) is 6.09. The number of amides is 1. The second-order valence-electron chi connectivity index (χ2n) is 6.81. The molecule has 3 rings (SSSR count). The number of anilines is 1. The van der Waals surface area contributed by atoms with Gasteiger partial charge in [0.1, 0.15) is 0 Å². The molecule has 0 spiro atoms. The molecule has 144 valence electrons. The van der Waals surface area contributed by atoms with Gasteiger partial charge in [-0.25, -0.2) is 4.68 Å². The zero-order valence-corrected chi connectivity index (χ0v) is 17.0. The van der Waals surface area contributed by atoms with Gasteiger partial charge in [0, 0.05) is 23.0 Å². The van der Waals surface area contributed by atoms with Crippen molar-refractivity contribution >= 4 is 17.7 Å². The topological polar surface area (TPSA) is 46.9 Å². The maximum atomic E-state index is 12.6. The van der Waals surface area contributed by atoms with Gasteiger partial charge in [-0.15, -0.1) is 0 Å². The van der Waals surface area contributed by atoms with Gasteiger partial charge in [0.25, 0.3) is 0 Å². The van der Waals surface area contributed by atoms with Crippen LogP contribution in [0.15, 0.2) is 54.6 Å². The third-order valence-corrected chi connectivity index (χ3v) is 5.00. The fraction of sp³-hybridized carbons (Fsp3) is 0.250. The Morgan fingerprint density at radius 2 is 1.64 bits per heavy atom. The Bertz CT molecular complexity index is 978. The molecule has 2 aromatic carbocycles. The summed E-state index contributed by atoms with van der Waals surface area (Å²) in [6.07, 6.45) is 5.22. The zero-order valence-electron chi connectivity index (χ0n) is 17.0. The lowest BCUT2D eigenvalue weighted by Gasteiger charge is -2.13. The molecule has 4 nitrogen and oxygen atoms in total. The van der Waals surface area contributed by atoms with Crippen molar-refractivity contribution in [3.8, 4) is 5.69 Å². The molecule has 0 bridgehead atoms. The van der Waals surface area contributed by atoms with Crippen LogP contribution in [0.3, 0.4) is 0 Å². The molecule has 3 aromatic rings. The maximum Gasteiger partial charge on any atom is 0.248 e. The van der Waals surface area contributed by atoms with E-state index in [1.165, 1.54) is 0 Å². The number of aromatic nitrogens is 2. The largest absolute Gasteiger partial charge is 0.322 e. The summed E-state index contributed by atoms with van der Waals surface area (Å²) in [6, 6.07) is 16.2. The molecule has 0 aliphatic carbocycles. The molecule has 0 atom stereocenters. The molecule has 0 radical (unpaired) electrons. The molecule has 1 amide bonds. The molecular weight excluding hydrogens is 346 g/mol. The minimum absolute atomic E-state index is 0.123. The quantitative estimate of drug-likeness (QED) is 0.599. The molecular formula is C24H27N3O. The molecule has 0 aliphatic heterocycles. The van der Waals surface area contributed by atoms with E-state index in [2.05, 4.69) is 36.4 Å². The van der Waals surface area contributed by atoms with Crippen LogP contribution >= 0.6 is 0 Å². The number of nitrogens with zero attached hydrogens (tertiary/aromatic N) is 2. The van der Waals surface area contributed by atoms with Crippen LogP contribution in [0, 0.1) is 13.8 Å². The first-order valence-electron chi connectivity index (χ1n) is 9.76. The van der Waals surface area contributed by atoms with E-state index in [-0.39, 0.29) is 5.91 Å². The number of rotatable bonds is 6. The number of carbonyl (C=O) groups excluding carboxylic acids is 1. The van der Waals surface area contributed by atoms with Crippen molar-refractivity contribution in [1.82, 2.24) is 9.78 Å². The van der Waals surface area contributed by atoms with Crippen molar-refractivity contribution < 1.29 is 4.79 Å². The Balaban J connectivity index is 1.84. The summed E-state index contributed by atoms with van der Waals surface area (Å²) in [5, 5.41) is 7.71. The van der Waals surface area contributed by atoms with E-state index >= 15 is 0 Å². The predicted molar refractivity (Wildman–Crippen MR) is 116 cm³/mol. The van der Waals surface area contributed by atoms with Crippen molar-refractivity contribution in [3.63, 3.8) is 0 Å². The van der Waals surface area contributed by atoms with E-state index in [0.29, 0.717) is 0 Å². The molecule has 0 unspecified atom stereocenters. The van der Waals surface area contributed by atoms with E-state index in [1.54, 1.807) is 6.08 Å². The lowest BCUT2D eigenvalue weighted by molar-refractivity contribution is -0.111. The minimum atomic E-state index is -0.123. The van der Waals surface area contributed by atoms with Gasteiger partial charge in [-0.2, -0.15) is 5.10 Å². The van der Waals surface area contributed by atoms with Crippen LogP contribution in [0.2, 0.25) is 0 Å². The summed E-state index contributed by atoms with van der Waals surface area (Å²) >= 11 is 0. The van der Waals surface area contributed by atoms with E-state index in [4.69, 9.17) is 0 Å². The number of hydrogen-bond donors (Lipinski definition) is 1. The van der Waals surface area contributed by atoms with Crippen LogP contribution in [0.5, 0.6) is 0 Å². The Morgan fingerprint density at radius 1 is 1.00 bits per heavy atom. The molecule has 0 fully saturated rings. The molecule has 0 saturated heterocycles. The smallest absolute Gasteiger partial charge is 0.248 e. The number of aryl methyl sites for hydroxylation is 3. The highest BCUT2D eigenvalue weighted by molar-refractivity contribution is 6.03. The Hall–Kier alpha value is -3.14. The average molecular weight is 374 g/mol. The molecule has 4 heteroatoms. The first-order valence-corrected chi connectivity index (χ1v) is 9.76. The van der Waals surface area contributed by atoms with Crippen LogP contribution in [0.4, 0.5) is 5.69 Å². The summed E-state index contributed by atoms with van der Waals surface area (Å²) in [5.74, 6) is -0.123. The van der Waals surface area contributed by atoms with Crippen LogP contribution in [0.25, 0.3) is 11.8 Å². The molecule has 0 saturated carbocycles. The number of nitrogens with one attached hydrogen (secondary N) is 1. The van der Waals surface area contributed by atoms with Crippen LogP contribution in [-0.4, -0.2) is 15.7 Å². The summed E-state index contributed by atoms with van der Waals surface area (Å²) in [5.41, 5.74) is 7.14. The van der Waals surface area contributed by atoms with Gasteiger partial charge in [0.15, 0.2) is 0 Å². The zero-order chi connectivity index (χ0) is 20.1. The lowest BCUT2D eigenvalue weighted by atomic mass is 10.0. The van der Waals surface area contributed by atoms with E-state index < -0.39 is 0 Å². The van der Waals surface area contributed by atoms with E-state index in [9.17, 15) is 4.79 Å². The van der Waals surface area contributed by atoms with Gasteiger partial charge < -0.3 is 5.32 Å². The summed E-state index contributed by atoms with van der Waals surface area (Å²) in [7, 11) is 0. The Morgan fingerprint density at radius 3 is 2.25 bits per heavy atom. The third-order valence-electron chi connectivity index (χ3n) is 5.00. The Labute approximate surface area is 166 Å². The fourth-order valence-electron chi connectivity index (χ4n) is 3.44. The fourth-order valence-corrected chi connectivity index (χ4v) is 3.44. The van der Waals surface area contributed by atoms with Crippen LogP contribution in [0.1, 0.15) is 41.9 Å². The number of carbonyl (C=O) groups is 1. The average Bonchev–Trinajstić information content (AvgIpc) is 3.00. The van der Waals surface area contributed by atoms with Crippen molar-refractivity contribution in [1.29, 1.82) is 0 Å². The van der Waals surface area contributed by atoms with Crippen molar-refractivity contribution in [2.24, 2.45) is 0 Å². The first-order chi connectivity index (χ1) is 13.5. The third kappa shape index (κ3) is 4.06. The highest BCUT2D eigenvalue weighted by Crippen LogP contribution is 2.23. The number of benzene rings is 2. The predicted octanol–water partition coefficient (Wildman–Crippen LogP) is 5.27. The number of para-hydroxylation sites is 2. The molecule has 28 heavy (non-hydrogen) atoms. The van der Waals surface area contributed by atoms with Gasteiger partial charge in [-0.05, 0) is 56.0 Å². The summed E-state index contributed by atoms with van der Waals surface area (Å²) < 4.78 is 1.91. The molecule has 1 aromatic heterocycles. The highest BCUT2D eigenvalue weighted by Gasteiger charge is 2.12. The van der Waals surface area contributed by atoms with Crippen LogP contribution in [-0.2, 0) is 17.6 Å². The highest BCUT2D eigenvalue weighted by atomic mass is 16.1. The monoisotopic (exact) mass is 373 g/mol.